The van der Waals surface area contributed by atoms with Crippen molar-refractivity contribution in [2.75, 3.05) is 11.9 Å². The van der Waals surface area contributed by atoms with Gasteiger partial charge in [-0.05, 0) is 42.7 Å². The summed E-state index contributed by atoms with van der Waals surface area (Å²) in [5.41, 5.74) is 4.10. The van der Waals surface area contributed by atoms with Gasteiger partial charge in [0.2, 0.25) is 0 Å². The number of anilines is 1. The van der Waals surface area contributed by atoms with Gasteiger partial charge in [0, 0.05) is 30.6 Å². The van der Waals surface area contributed by atoms with Gasteiger partial charge in [0.15, 0.2) is 0 Å². The van der Waals surface area contributed by atoms with Crippen molar-refractivity contribution in [1.29, 1.82) is 0 Å². The summed E-state index contributed by atoms with van der Waals surface area (Å²) >= 11 is 0. The smallest absolute Gasteiger partial charge is 0.303 e. The monoisotopic (exact) mass is 313 g/mol. The van der Waals surface area contributed by atoms with Crippen molar-refractivity contribution in [2.45, 2.75) is 57.4 Å². The van der Waals surface area contributed by atoms with Gasteiger partial charge in [0.05, 0.1) is 0 Å². The first-order valence-electron chi connectivity index (χ1n) is 8.50. The fraction of sp³-hybridized carbons (Fsp3) is 0.550. The van der Waals surface area contributed by atoms with Gasteiger partial charge >= 0.3 is 5.97 Å². The lowest BCUT2D eigenvalue weighted by Gasteiger charge is -2.54. The Kier molecular flexibility index (Phi) is 3.78. The van der Waals surface area contributed by atoms with E-state index in [-0.39, 0.29) is 17.3 Å². The Morgan fingerprint density at radius 1 is 1.39 bits per heavy atom. The van der Waals surface area contributed by atoms with E-state index in [9.17, 15) is 4.79 Å². The standard InChI is InChI=1S/C20H27NO2/c1-14-12-17-20(19(2,3)13-14,11-7-10-18(22)23)15-8-5-6-9-16(15)21(17)4/h5-6,8-9,17H,1,7,10-13H2,2-4H3,(H,22,23). The molecule has 0 aromatic heterocycles. The van der Waals surface area contributed by atoms with Crippen LogP contribution in [-0.2, 0) is 10.2 Å². The molecule has 3 heteroatoms. The Labute approximate surface area is 139 Å². The minimum absolute atomic E-state index is 0.00891. The Hall–Kier alpha value is -1.77. The van der Waals surface area contributed by atoms with Crippen LogP contribution in [0.2, 0.25) is 0 Å². The Morgan fingerprint density at radius 3 is 2.78 bits per heavy atom. The predicted molar refractivity (Wildman–Crippen MR) is 94.0 cm³/mol. The molecule has 0 saturated heterocycles. The van der Waals surface area contributed by atoms with Gasteiger partial charge in [-0.2, -0.15) is 0 Å². The topological polar surface area (TPSA) is 40.5 Å². The van der Waals surface area contributed by atoms with Crippen LogP contribution in [0, 0.1) is 5.41 Å². The van der Waals surface area contributed by atoms with Crippen molar-refractivity contribution < 1.29 is 9.90 Å². The SMILES string of the molecule is C=C1CC2N(C)c3ccccc3C2(CCCC(=O)O)C(C)(C)C1. The van der Waals surface area contributed by atoms with E-state index in [4.69, 9.17) is 5.11 Å². The molecule has 1 heterocycles. The molecular formula is C20H27NO2. The summed E-state index contributed by atoms with van der Waals surface area (Å²) in [5.74, 6) is -0.699. The largest absolute Gasteiger partial charge is 0.481 e. The van der Waals surface area contributed by atoms with Gasteiger partial charge in [-0.1, -0.05) is 44.2 Å². The second-order valence-electron chi connectivity index (χ2n) is 7.88. The number of rotatable bonds is 4. The van der Waals surface area contributed by atoms with Crippen LogP contribution in [0.15, 0.2) is 36.4 Å². The number of para-hydroxylation sites is 1. The molecule has 0 bridgehead atoms. The van der Waals surface area contributed by atoms with E-state index >= 15 is 0 Å². The van der Waals surface area contributed by atoms with Crippen LogP contribution < -0.4 is 4.90 Å². The lowest BCUT2D eigenvalue weighted by molar-refractivity contribution is -0.137. The van der Waals surface area contributed by atoms with E-state index in [0.29, 0.717) is 6.04 Å². The molecule has 2 aliphatic rings. The maximum atomic E-state index is 11.0. The molecule has 1 N–H and O–H groups in total. The molecule has 1 aromatic carbocycles. The normalized spacial score (nSPS) is 28.4. The number of benzene rings is 1. The van der Waals surface area contributed by atoms with Gasteiger partial charge in [0.25, 0.3) is 0 Å². The zero-order valence-corrected chi connectivity index (χ0v) is 14.4. The van der Waals surface area contributed by atoms with Gasteiger partial charge in [0.1, 0.15) is 0 Å². The van der Waals surface area contributed by atoms with Crippen LogP contribution in [0.4, 0.5) is 5.69 Å². The Bertz CT molecular complexity index is 649. The summed E-state index contributed by atoms with van der Waals surface area (Å²) in [7, 11) is 2.18. The lowest BCUT2D eigenvalue weighted by Crippen LogP contribution is -2.55. The third-order valence-electron chi connectivity index (χ3n) is 6.14. The first-order chi connectivity index (χ1) is 10.8. The number of carboxylic acid groups (broad SMARTS) is 1. The summed E-state index contributed by atoms with van der Waals surface area (Å²) in [6, 6.07) is 9.05. The van der Waals surface area contributed by atoms with Crippen molar-refractivity contribution in [3.63, 3.8) is 0 Å². The third kappa shape index (κ3) is 2.29. The number of hydrogen-bond donors (Lipinski definition) is 1. The van der Waals surface area contributed by atoms with Crippen LogP contribution in [0.3, 0.4) is 0 Å². The first kappa shape index (κ1) is 16.1. The summed E-state index contributed by atoms with van der Waals surface area (Å²) in [4.78, 5) is 13.4. The molecule has 0 radical (unpaired) electrons. The molecule has 0 spiro atoms. The van der Waals surface area contributed by atoms with Crippen LogP contribution in [-0.4, -0.2) is 24.2 Å². The minimum Gasteiger partial charge on any atom is -0.481 e. The lowest BCUT2D eigenvalue weighted by atomic mass is 9.51. The molecular weight excluding hydrogens is 286 g/mol. The highest BCUT2D eigenvalue weighted by Crippen LogP contribution is 2.62. The molecule has 3 rings (SSSR count). The zero-order valence-electron chi connectivity index (χ0n) is 14.4. The van der Waals surface area contributed by atoms with E-state index in [0.717, 1.165) is 25.7 Å². The van der Waals surface area contributed by atoms with E-state index in [1.807, 2.05) is 0 Å². The molecule has 124 valence electrons. The molecule has 3 nitrogen and oxygen atoms in total. The molecule has 0 amide bonds. The molecule has 1 fully saturated rings. The maximum Gasteiger partial charge on any atom is 0.303 e. The molecule has 1 aliphatic carbocycles. The van der Waals surface area contributed by atoms with Crippen molar-refractivity contribution in [1.82, 2.24) is 0 Å². The minimum atomic E-state index is -0.699. The molecule has 1 saturated carbocycles. The quantitative estimate of drug-likeness (QED) is 0.839. The van der Waals surface area contributed by atoms with E-state index < -0.39 is 5.97 Å². The Morgan fingerprint density at radius 2 is 2.09 bits per heavy atom. The molecule has 2 unspecified atom stereocenters. The maximum absolute atomic E-state index is 11.0. The van der Waals surface area contributed by atoms with Crippen molar-refractivity contribution in [3.8, 4) is 0 Å². The summed E-state index contributed by atoms with van der Waals surface area (Å²) in [6.07, 6.45) is 3.91. The van der Waals surface area contributed by atoms with Crippen LogP contribution in [0.1, 0.15) is 51.5 Å². The van der Waals surface area contributed by atoms with Crippen molar-refractivity contribution >= 4 is 11.7 Å². The summed E-state index contributed by atoms with van der Waals surface area (Å²) in [6.45, 7) is 8.96. The molecule has 2 atom stereocenters. The summed E-state index contributed by atoms with van der Waals surface area (Å²) in [5, 5.41) is 9.08. The van der Waals surface area contributed by atoms with E-state index in [1.54, 1.807) is 0 Å². The predicted octanol–water partition coefficient (Wildman–Crippen LogP) is 4.37. The van der Waals surface area contributed by atoms with E-state index in [2.05, 4.69) is 56.6 Å². The average Bonchev–Trinajstić information content (AvgIpc) is 2.70. The second kappa shape index (κ2) is 5.40. The number of aliphatic carboxylic acids is 1. The fourth-order valence-electron chi connectivity index (χ4n) is 5.25. The van der Waals surface area contributed by atoms with Gasteiger partial charge in [-0.25, -0.2) is 0 Å². The third-order valence-corrected chi connectivity index (χ3v) is 6.14. The first-order valence-corrected chi connectivity index (χ1v) is 8.50. The number of fused-ring (bicyclic) bond motifs is 3. The van der Waals surface area contributed by atoms with Crippen LogP contribution in [0.25, 0.3) is 0 Å². The number of hydrogen-bond acceptors (Lipinski definition) is 2. The fourth-order valence-corrected chi connectivity index (χ4v) is 5.25. The molecule has 1 aromatic rings. The summed E-state index contributed by atoms with van der Waals surface area (Å²) < 4.78 is 0. The number of carbonyl (C=O) groups is 1. The Balaban J connectivity index is 2.10. The molecule has 23 heavy (non-hydrogen) atoms. The number of nitrogens with zero attached hydrogens (tertiary/aromatic N) is 1. The van der Waals surface area contributed by atoms with Gasteiger partial charge in [-0.3, -0.25) is 4.79 Å². The average molecular weight is 313 g/mol. The highest BCUT2D eigenvalue weighted by molar-refractivity contribution is 5.68. The van der Waals surface area contributed by atoms with Gasteiger partial charge < -0.3 is 10.0 Å². The second-order valence-corrected chi connectivity index (χ2v) is 7.88. The molecule has 1 aliphatic heterocycles. The number of likely N-dealkylation sites (N-methyl/N-ethyl adjacent to an activating group) is 1. The van der Waals surface area contributed by atoms with Crippen LogP contribution in [0.5, 0.6) is 0 Å². The van der Waals surface area contributed by atoms with E-state index in [1.165, 1.54) is 16.8 Å². The van der Waals surface area contributed by atoms with Gasteiger partial charge in [-0.15, -0.1) is 0 Å². The van der Waals surface area contributed by atoms with Crippen LogP contribution >= 0.6 is 0 Å². The zero-order chi connectivity index (χ0) is 16.8. The highest BCUT2D eigenvalue weighted by Gasteiger charge is 2.59. The number of carboxylic acids is 1. The van der Waals surface area contributed by atoms with Crippen molar-refractivity contribution in [2.24, 2.45) is 5.41 Å². The highest BCUT2D eigenvalue weighted by atomic mass is 16.4. The van der Waals surface area contributed by atoms with Crippen molar-refractivity contribution in [3.05, 3.63) is 42.0 Å².